The monoisotopic (exact) mass is 672 g/mol. The minimum Gasteiger partial charge on any atom is -0.457 e. The Kier molecular flexibility index (Phi) is 12.6. The van der Waals surface area contributed by atoms with E-state index in [9.17, 15) is 19.2 Å². The van der Waals surface area contributed by atoms with Gasteiger partial charge < -0.3 is 33.9 Å². The van der Waals surface area contributed by atoms with Crippen LogP contribution in [-0.4, -0.2) is 97.1 Å². The van der Waals surface area contributed by atoms with Crippen molar-refractivity contribution in [2.75, 3.05) is 20.7 Å². The van der Waals surface area contributed by atoms with Gasteiger partial charge >= 0.3 is 12.1 Å². The molecule has 0 aromatic carbocycles. The molecule has 3 aliphatic rings. The van der Waals surface area contributed by atoms with Gasteiger partial charge in [-0.25, -0.2) is 4.79 Å². The highest BCUT2D eigenvalue weighted by atomic mass is 16.7. The molecule has 3 fully saturated rings. The fraction of sp³-hybridized carbons (Fsp3) is 0.784. The van der Waals surface area contributed by atoms with Gasteiger partial charge in [-0.05, 0) is 79.8 Å². The number of rotatable bonds is 6. The molecule has 0 radical (unpaired) electrons. The molecule has 11 heteroatoms. The van der Waals surface area contributed by atoms with Gasteiger partial charge in [0.15, 0.2) is 17.7 Å². The molecule has 268 valence electrons. The number of ketones is 2. The first-order valence-electron chi connectivity index (χ1n) is 17.1. The van der Waals surface area contributed by atoms with Crippen molar-refractivity contribution in [2.45, 2.75) is 136 Å². The maximum absolute atomic E-state index is 14.5. The number of hydrogen-bond donors (Lipinski definition) is 1. The van der Waals surface area contributed by atoms with Crippen LogP contribution in [0.15, 0.2) is 0 Å². The summed E-state index contributed by atoms with van der Waals surface area (Å²) in [5.74, 6) is 3.87. The molecule has 0 saturated carbocycles. The van der Waals surface area contributed by atoms with Gasteiger partial charge in [-0.15, -0.1) is 6.42 Å². The maximum Gasteiger partial charge on any atom is 0.408 e. The van der Waals surface area contributed by atoms with Crippen molar-refractivity contribution in [3.05, 3.63) is 0 Å². The number of cyclic esters (lactones) is 1. The molecule has 3 aliphatic heterocycles. The zero-order valence-electron chi connectivity index (χ0n) is 30.8. The Balaban J connectivity index is 2.21. The van der Waals surface area contributed by atoms with Crippen molar-refractivity contribution < 1.29 is 42.9 Å². The lowest BCUT2D eigenvalue weighted by Crippen LogP contribution is -2.60. The molecule has 11 nitrogen and oxygen atoms in total. The van der Waals surface area contributed by atoms with Crippen LogP contribution in [0.2, 0.25) is 0 Å². The molecular weight excluding hydrogens is 616 g/mol. The number of nitrogens with one attached hydrogen (secondary N) is 1. The number of alkyl carbamates (subject to hydrolysis) is 1. The van der Waals surface area contributed by atoms with E-state index in [2.05, 4.69) is 28.0 Å². The Hall–Kier alpha value is -2.96. The summed E-state index contributed by atoms with van der Waals surface area (Å²) in [5.41, 5.74) is -4.29. The van der Waals surface area contributed by atoms with E-state index in [1.807, 2.05) is 27.9 Å². The Bertz CT molecular complexity index is 1330. The number of carbonyl (C=O) groups is 4. The van der Waals surface area contributed by atoms with Crippen molar-refractivity contribution in [3.63, 3.8) is 0 Å². The van der Waals surface area contributed by atoms with Gasteiger partial charge in [-0.2, -0.15) is 0 Å². The second-order valence-corrected chi connectivity index (χ2v) is 15.1. The van der Waals surface area contributed by atoms with Gasteiger partial charge in [-0.1, -0.05) is 40.5 Å². The lowest BCUT2D eigenvalue weighted by Gasteiger charge is -2.48. The zero-order chi connectivity index (χ0) is 36.4. The van der Waals surface area contributed by atoms with Crippen LogP contribution in [0.5, 0.6) is 0 Å². The first kappa shape index (κ1) is 39.5. The molecule has 1 N–H and O–H groups in total. The van der Waals surface area contributed by atoms with Crippen molar-refractivity contribution >= 4 is 23.6 Å². The molecule has 48 heavy (non-hydrogen) atoms. The van der Waals surface area contributed by atoms with Crippen molar-refractivity contribution in [2.24, 2.45) is 29.1 Å². The number of carbonyl (C=O) groups excluding carboxylic acids is 4. The quantitative estimate of drug-likeness (QED) is 0.250. The van der Waals surface area contributed by atoms with E-state index in [1.165, 1.54) is 13.8 Å². The summed E-state index contributed by atoms with van der Waals surface area (Å²) in [4.78, 5) is 57.5. The van der Waals surface area contributed by atoms with Crippen molar-refractivity contribution in [1.29, 1.82) is 0 Å². The summed E-state index contributed by atoms with van der Waals surface area (Å²) in [6.07, 6.45) is 3.09. The van der Waals surface area contributed by atoms with Gasteiger partial charge in [0.2, 0.25) is 0 Å². The molecule has 3 saturated heterocycles. The maximum atomic E-state index is 14.5. The third-order valence-electron chi connectivity index (χ3n) is 10.8. The number of hydrogen-bond acceptors (Lipinski definition) is 10. The Morgan fingerprint density at radius 1 is 1.02 bits per heavy atom. The van der Waals surface area contributed by atoms with Crippen LogP contribution in [0.3, 0.4) is 0 Å². The van der Waals surface area contributed by atoms with Gasteiger partial charge in [0, 0.05) is 29.7 Å². The number of esters is 1. The van der Waals surface area contributed by atoms with E-state index in [-0.39, 0.29) is 43.3 Å². The number of Topliss-reactive ketones (excluding diaryl/α,β-unsaturated/α-hetero) is 2. The Labute approximate surface area is 286 Å². The van der Waals surface area contributed by atoms with Crippen LogP contribution < -0.4 is 5.32 Å². The molecule has 0 unspecified atom stereocenters. The third-order valence-corrected chi connectivity index (χ3v) is 10.8. The molecule has 3 heterocycles. The largest absolute Gasteiger partial charge is 0.457 e. The van der Waals surface area contributed by atoms with Gasteiger partial charge in [-0.3, -0.25) is 14.4 Å². The summed E-state index contributed by atoms with van der Waals surface area (Å²) in [7, 11) is 4.02. The Morgan fingerprint density at radius 3 is 2.25 bits per heavy atom. The first-order chi connectivity index (χ1) is 22.2. The topological polar surface area (TPSA) is 130 Å². The fourth-order valence-corrected chi connectivity index (χ4v) is 7.92. The molecule has 0 aromatic rings. The van der Waals surface area contributed by atoms with E-state index < -0.39 is 76.8 Å². The molecule has 0 bridgehead atoms. The van der Waals surface area contributed by atoms with Crippen molar-refractivity contribution in [1.82, 2.24) is 10.2 Å². The summed E-state index contributed by atoms with van der Waals surface area (Å²) in [5, 5.41) is 2.79. The number of nitrogens with zero attached hydrogens (tertiary/aromatic N) is 1. The second-order valence-electron chi connectivity index (χ2n) is 15.1. The zero-order valence-corrected chi connectivity index (χ0v) is 30.8. The highest BCUT2D eigenvalue weighted by Gasteiger charge is 2.58. The standard InChI is InChI=1S/C37H56N2O9/c1-14-16-17-18-44-36(10)20-21(3)28(40)24(6)29-37(11,48-34(43)38-29)27(15-2)46-33(42)35(8,9)30(41)25(7)31(36)47-32-23(5)26(39(12)13)19-22(4)45-32/h1,21-27,29,31-32H,15,18-20H2,2-13H3,(H,38,43)/t21-,22-,23-,24+,25+,26+,27-,29-,31-,32+,36+,37-/m1/s1. The molecule has 1 amide bonds. The van der Waals surface area contributed by atoms with Gasteiger partial charge in [0.05, 0.1) is 23.9 Å². The molecule has 0 aromatic heterocycles. The summed E-state index contributed by atoms with van der Waals surface area (Å²) in [6.45, 7) is 17.5. The van der Waals surface area contributed by atoms with Crippen LogP contribution >= 0.6 is 0 Å². The average molecular weight is 673 g/mol. The summed E-state index contributed by atoms with van der Waals surface area (Å²) >= 11 is 0. The molecule has 3 rings (SSSR count). The number of ether oxygens (including phenoxy) is 5. The fourth-order valence-electron chi connectivity index (χ4n) is 7.92. The minimum atomic E-state index is -1.63. The van der Waals surface area contributed by atoms with Crippen LogP contribution in [0.25, 0.3) is 0 Å². The molecular formula is C37H56N2O9. The smallest absolute Gasteiger partial charge is 0.408 e. The number of terminal acetylenes is 1. The van der Waals surface area contributed by atoms with Crippen LogP contribution in [0.4, 0.5) is 4.79 Å². The van der Waals surface area contributed by atoms with Crippen molar-refractivity contribution in [3.8, 4) is 24.2 Å². The lowest BCUT2D eigenvalue weighted by molar-refractivity contribution is -0.282. The molecule has 0 spiro atoms. The van der Waals surface area contributed by atoms with Gasteiger partial charge in [0.25, 0.3) is 0 Å². The minimum absolute atomic E-state index is 0.0933. The third kappa shape index (κ3) is 7.91. The van der Waals surface area contributed by atoms with E-state index >= 15 is 0 Å². The average Bonchev–Trinajstić information content (AvgIpc) is 3.33. The van der Waals surface area contributed by atoms with Crippen LogP contribution in [0.1, 0.15) is 88.5 Å². The number of amides is 1. The summed E-state index contributed by atoms with van der Waals surface area (Å²) < 4.78 is 31.5. The SMILES string of the molecule is C#CC#CCO[C@@]1(C)C[C@@H](C)C(=O)[C@H](C)[C@H]2NC(=O)O[C@]2(C)[C@@H](CC)OC(=O)C(C)(C)C(=O)[C@H](C)[C@H]1O[C@@H]1O[C@H](C)C[C@H](N(C)C)[C@H]1C. The van der Waals surface area contributed by atoms with Gasteiger partial charge in [0.1, 0.15) is 23.9 Å². The van der Waals surface area contributed by atoms with E-state index in [0.717, 1.165) is 6.42 Å². The normalized spacial score (nSPS) is 40.8. The van der Waals surface area contributed by atoms with E-state index in [0.29, 0.717) is 0 Å². The van der Waals surface area contributed by atoms with E-state index in [4.69, 9.17) is 30.1 Å². The lowest BCUT2D eigenvalue weighted by atomic mass is 9.71. The number of fused-ring (bicyclic) bond motifs is 1. The second kappa shape index (κ2) is 15.3. The van der Waals surface area contributed by atoms with Crippen LogP contribution in [-0.2, 0) is 38.1 Å². The first-order valence-corrected chi connectivity index (χ1v) is 17.1. The predicted molar refractivity (Wildman–Crippen MR) is 179 cm³/mol. The Morgan fingerprint density at radius 2 is 1.67 bits per heavy atom. The predicted octanol–water partition coefficient (Wildman–Crippen LogP) is 4.15. The molecule has 0 aliphatic carbocycles. The highest BCUT2D eigenvalue weighted by molar-refractivity contribution is 6.04. The summed E-state index contributed by atoms with van der Waals surface area (Å²) in [6, 6.07) is -0.672. The van der Waals surface area contributed by atoms with E-state index in [1.54, 1.807) is 41.5 Å². The molecule has 12 atom stereocenters. The van der Waals surface area contributed by atoms with Crippen LogP contribution in [0, 0.1) is 53.3 Å². The highest BCUT2D eigenvalue weighted by Crippen LogP contribution is 2.42.